The Kier molecular flexibility index (Phi) is 4.05. The summed E-state index contributed by atoms with van der Waals surface area (Å²) in [5, 5.41) is 9.58. The fraction of sp³-hybridized carbons (Fsp3) is 0.857. The van der Waals surface area contributed by atoms with E-state index in [0.717, 1.165) is 43.4 Å². The molecule has 0 aromatic heterocycles. The highest BCUT2D eigenvalue weighted by atomic mass is 16.7. The second kappa shape index (κ2) is 5.85. The summed E-state index contributed by atoms with van der Waals surface area (Å²) in [5.74, 6) is 2.27. The van der Waals surface area contributed by atoms with Crippen LogP contribution < -0.4 is 0 Å². The Labute approximate surface area is 146 Å². The SMILES string of the molecule is COC1(OC)CCC2=C(CC[C@@H]3[C@@H]2CC[C@]2(C)[C@@H](C#N)CC[C@@H]32)C1. The van der Waals surface area contributed by atoms with Gasteiger partial charge in [-0.3, -0.25) is 0 Å². The molecule has 132 valence electrons. The van der Waals surface area contributed by atoms with Crippen molar-refractivity contribution in [2.24, 2.45) is 29.1 Å². The van der Waals surface area contributed by atoms with E-state index in [4.69, 9.17) is 9.47 Å². The third-order valence-corrected chi connectivity index (χ3v) is 8.28. The van der Waals surface area contributed by atoms with Gasteiger partial charge in [-0.25, -0.2) is 0 Å². The van der Waals surface area contributed by atoms with Crippen LogP contribution in [-0.4, -0.2) is 20.0 Å². The Hall–Kier alpha value is -0.850. The molecule has 0 spiro atoms. The Bertz CT molecular complexity index is 585. The van der Waals surface area contributed by atoms with E-state index >= 15 is 0 Å². The van der Waals surface area contributed by atoms with E-state index in [1.54, 1.807) is 25.4 Å². The smallest absolute Gasteiger partial charge is 0.171 e. The lowest BCUT2D eigenvalue weighted by molar-refractivity contribution is -0.213. The first-order valence-electron chi connectivity index (χ1n) is 9.77. The maximum atomic E-state index is 9.58. The van der Waals surface area contributed by atoms with Crippen molar-refractivity contribution in [3.8, 4) is 6.07 Å². The average molecular weight is 329 g/mol. The van der Waals surface area contributed by atoms with Gasteiger partial charge in [0.25, 0.3) is 0 Å². The fourth-order valence-corrected chi connectivity index (χ4v) is 6.83. The van der Waals surface area contributed by atoms with Crippen molar-refractivity contribution in [3.05, 3.63) is 11.1 Å². The summed E-state index contributed by atoms with van der Waals surface area (Å²) < 4.78 is 11.5. The molecule has 0 N–H and O–H groups in total. The molecule has 2 fully saturated rings. The van der Waals surface area contributed by atoms with Crippen LogP contribution in [0.5, 0.6) is 0 Å². The molecule has 0 bridgehead atoms. The van der Waals surface area contributed by atoms with Gasteiger partial charge in [-0.15, -0.1) is 0 Å². The van der Waals surface area contributed by atoms with Crippen LogP contribution in [-0.2, 0) is 9.47 Å². The average Bonchev–Trinajstić information content (AvgIpc) is 2.97. The van der Waals surface area contributed by atoms with Gasteiger partial charge in [0.05, 0.1) is 12.0 Å². The number of rotatable bonds is 2. The van der Waals surface area contributed by atoms with Crippen molar-refractivity contribution in [1.82, 2.24) is 0 Å². The maximum absolute atomic E-state index is 9.58. The van der Waals surface area contributed by atoms with Crippen molar-refractivity contribution in [2.75, 3.05) is 14.2 Å². The number of allylic oxidation sites excluding steroid dienone is 1. The minimum atomic E-state index is -0.381. The highest BCUT2D eigenvalue weighted by Crippen LogP contribution is 2.63. The van der Waals surface area contributed by atoms with Gasteiger partial charge in [0.1, 0.15) is 0 Å². The molecule has 0 unspecified atom stereocenters. The number of hydrogen-bond acceptors (Lipinski definition) is 3. The van der Waals surface area contributed by atoms with E-state index in [2.05, 4.69) is 13.0 Å². The summed E-state index contributed by atoms with van der Waals surface area (Å²) in [7, 11) is 3.57. The van der Waals surface area contributed by atoms with Gasteiger partial charge < -0.3 is 9.47 Å². The molecule has 0 heterocycles. The van der Waals surface area contributed by atoms with E-state index in [0.29, 0.717) is 5.92 Å². The monoisotopic (exact) mass is 329 g/mol. The zero-order valence-electron chi connectivity index (χ0n) is 15.4. The number of nitriles is 1. The summed E-state index contributed by atoms with van der Waals surface area (Å²) in [6, 6.07) is 2.64. The normalized spacial score (nSPS) is 43.6. The lowest BCUT2D eigenvalue weighted by Gasteiger charge is -2.52. The molecule has 5 atom stereocenters. The van der Waals surface area contributed by atoms with E-state index in [1.165, 1.54) is 32.1 Å². The van der Waals surface area contributed by atoms with Crippen molar-refractivity contribution in [2.45, 2.75) is 70.5 Å². The summed E-state index contributed by atoms with van der Waals surface area (Å²) >= 11 is 0. The first kappa shape index (κ1) is 16.6. The second-order valence-electron chi connectivity index (χ2n) is 8.84. The topological polar surface area (TPSA) is 42.2 Å². The van der Waals surface area contributed by atoms with Crippen LogP contribution in [0, 0.1) is 40.4 Å². The van der Waals surface area contributed by atoms with E-state index < -0.39 is 0 Å². The lowest BCUT2D eigenvalue weighted by atomic mass is 9.53. The van der Waals surface area contributed by atoms with Crippen molar-refractivity contribution >= 4 is 0 Å². The lowest BCUT2D eigenvalue weighted by Crippen LogP contribution is -2.45. The van der Waals surface area contributed by atoms with Gasteiger partial charge in [0, 0.05) is 27.1 Å². The molecular weight excluding hydrogens is 298 g/mol. The molecule has 4 aliphatic carbocycles. The predicted octanol–water partition coefficient (Wildman–Crippen LogP) is 4.83. The van der Waals surface area contributed by atoms with Crippen LogP contribution in [0.1, 0.15) is 64.7 Å². The van der Waals surface area contributed by atoms with Gasteiger partial charge in [-0.1, -0.05) is 18.1 Å². The van der Waals surface area contributed by atoms with Crippen LogP contribution in [0.2, 0.25) is 0 Å². The van der Waals surface area contributed by atoms with E-state index in [9.17, 15) is 5.26 Å². The molecule has 0 saturated heterocycles. The number of nitrogens with zero attached hydrogens (tertiary/aromatic N) is 1. The fourth-order valence-electron chi connectivity index (χ4n) is 6.83. The maximum Gasteiger partial charge on any atom is 0.171 e. The number of hydrogen-bond donors (Lipinski definition) is 0. The molecule has 2 saturated carbocycles. The number of methoxy groups -OCH3 is 2. The Morgan fingerprint density at radius 3 is 2.54 bits per heavy atom. The molecule has 24 heavy (non-hydrogen) atoms. The third kappa shape index (κ3) is 2.22. The van der Waals surface area contributed by atoms with Crippen LogP contribution in [0.25, 0.3) is 0 Å². The highest BCUT2D eigenvalue weighted by Gasteiger charge is 2.55. The highest BCUT2D eigenvalue weighted by molar-refractivity contribution is 5.28. The van der Waals surface area contributed by atoms with Gasteiger partial charge >= 0.3 is 0 Å². The molecule has 0 amide bonds. The minimum Gasteiger partial charge on any atom is -0.353 e. The minimum absolute atomic E-state index is 0.283. The Morgan fingerprint density at radius 1 is 1.04 bits per heavy atom. The molecule has 0 radical (unpaired) electrons. The standard InChI is InChI=1S/C21H31NO2/c1-20-10-8-17-16-9-11-21(23-2,24-3)12-14(16)4-6-18(17)19(20)7-5-15(20)13-22/h15,17-19H,4-12H2,1-3H3/t15-,17-,18-,19+,20-/m1/s1. The largest absolute Gasteiger partial charge is 0.353 e. The first-order valence-corrected chi connectivity index (χ1v) is 9.77. The van der Waals surface area contributed by atoms with Crippen LogP contribution in [0.15, 0.2) is 11.1 Å². The quantitative estimate of drug-likeness (QED) is 0.538. The molecule has 4 aliphatic rings. The van der Waals surface area contributed by atoms with Gasteiger partial charge in [-0.2, -0.15) is 5.26 Å². The zero-order chi connectivity index (χ0) is 16.9. The second-order valence-corrected chi connectivity index (χ2v) is 8.84. The summed E-state index contributed by atoms with van der Waals surface area (Å²) in [6.07, 6.45) is 10.6. The van der Waals surface area contributed by atoms with Crippen LogP contribution in [0.4, 0.5) is 0 Å². The molecule has 3 nitrogen and oxygen atoms in total. The third-order valence-electron chi connectivity index (χ3n) is 8.28. The molecule has 4 rings (SSSR count). The van der Waals surface area contributed by atoms with Crippen LogP contribution >= 0.6 is 0 Å². The molecule has 0 aromatic rings. The van der Waals surface area contributed by atoms with E-state index in [1.807, 2.05) is 0 Å². The van der Waals surface area contributed by atoms with Crippen LogP contribution in [0.3, 0.4) is 0 Å². The number of ether oxygens (including phenoxy) is 2. The van der Waals surface area contributed by atoms with Gasteiger partial charge in [0.15, 0.2) is 5.79 Å². The molecule has 0 aromatic carbocycles. The summed E-state index contributed by atoms with van der Waals surface area (Å²) in [4.78, 5) is 0. The Morgan fingerprint density at radius 2 is 1.83 bits per heavy atom. The number of fused-ring (bicyclic) bond motifs is 4. The van der Waals surface area contributed by atoms with Gasteiger partial charge in [0.2, 0.25) is 0 Å². The summed E-state index contributed by atoms with van der Waals surface area (Å²) in [6.45, 7) is 2.42. The first-order chi connectivity index (χ1) is 11.6. The summed E-state index contributed by atoms with van der Waals surface area (Å²) in [5.41, 5.74) is 3.66. The predicted molar refractivity (Wildman–Crippen MR) is 93.0 cm³/mol. The van der Waals surface area contributed by atoms with E-state index in [-0.39, 0.29) is 11.2 Å². The van der Waals surface area contributed by atoms with Crippen molar-refractivity contribution in [1.29, 1.82) is 5.26 Å². The van der Waals surface area contributed by atoms with Crippen molar-refractivity contribution < 1.29 is 9.47 Å². The molecule has 3 heteroatoms. The zero-order valence-corrected chi connectivity index (χ0v) is 15.4. The molecular formula is C21H31NO2. The molecule has 0 aliphatic heterocycles. The Balaban J connectivity index is 1.60. The van der Waals surface area contributed by atoms with Gasteiger partial charge in [-0.05, 0) is 68.1 Å². The van der Waals surface area contributed by atoms with Crippen molar-refractivity contribution in [3.63, 3.8) is 0 Å².